The third-order valence-electron chi connectivity index (χ3n) is 2.52. The third-order valence-corrected chi connectivity index (χ3v) is 2.52. The SMILES string of the molecule is NNC(=O)C1CCN(CCO)CC1. The van der Waals surface area contributed by atoms with E-state index in [9.17, 15) is 4.79 Å². The van der Waals surface area contributed by atoms with Crippen LogP contribution in [-0.4, -0.2) is 42.2 Å². The number of nitrogens with one attached hydrogen (secondary N) is 1. The Morgan fingerprint density at radius 1 is 1.54 bits per heavy atom. The first-order valence-electron chi connectivity index (χ1n) is 4.61. The predicted octanol–water partition coefficient (Wildman–Crippen LogP) is -1.32. The van der Waals surface area contributed by atoms with Gasteiger partial charge in [-0.1, -0.05) is 0 Å². The van der Waals surface area contributed by atoms with Gasteiger partial charge in [0.05, 0.1) is 6.61 Å². The van der Waals surface area contributed by atoms with E-state index >= 15 is 0 Å². The molecule has 1 heterocycles. The zero-order valence-corrected chi connectivity index (χ0v) is 7.70. The first-order valence-corrected chi connectivity index (χ1v) is 4.61. The van der Waals surface area contributed by atoms with Crippen molar-refractivity contribution in [2.75, 3.05) is 26.2 Å². The summed E-state index contributed by atoms with van der Waals surface area (Å²) in [6.07, 6.45) is 1.67. The average molecular weight is 187 g/mol. The molecule has 5 heteroatoms. The van der Waals surface area contributed by atoms with E-state index in [-0.39, 0.29) is 18.4 Å². The maximum Gasteiger partial charge on any atom is 0.237 e. The number of hydrogen-bond donors (Lipinski definition) is 3. The molecule has 76 valence electrons. The maximum absolute atomic E-state index is 11.1. The summed E-state index contributed by atoms with van der Waals surface area (Å²) in [5.74, 6) is 5.03. The fraction of sp³-hybridized carbons (Fsp3) is 0.875. The lowest BCUT2D eigenvalue weighted by molar-refractivity contribution is -0.126. The molecule has 1 saturated heterocycles. The fourth-order valence-corrected chi connectivity index (χ4v) is 1.68. The topological polar surface area (TPSA) is 78.6 Å². The number of hydrazine groups is 1. The van der Waals surface area contributed by atoms with Gasteiger partial charge >= 0.3 is 0 Å². The van der Waals surface area contributed by atoms with Gasteiger partial charge in [-0.2, -0.15) is 0 Å². The normalized spacial score (nSPS) is 20.2. The minimum absolute atomic E-state index is 0.0555. The van der Waals surface area contributed by atoms with Gasteiger partial charge < -0.3 is 10.0 Å². The molecule has 0 atom stereocenters. The van der Waals surface area contributed by atoms with Crippen LogP contribution in [0.25, 0.3) is 0 Å². The average Bonchev–Trinajstić information content (AvgIpc) is 2.18. The van der Waals surface area contributed by atoms with E-state index < -0.39 is 0 Å². The van der Waals surface area contributed by atoms with Crippen molar-refractivity contribution in [3.05, 3.63) is 0 Å². The zero-order chi connectivity index (χ0) is 9.68. The molecular weight excluding hydrogens is 170 g/mol. The molecule has 0 saturated carbocycles. The van der Waals surface area contributed by atoms with E-state index in [1.807, 2.05) is 0 Å². The molecule has 5 nitrogen and oxygen atoms in total. The summed E-state index contributed by atoms with van der Waals surface area (Å²) in [5.41, 5.74) is 2.17. The van der Waals surface area contributed by atoms with Gasteiger partial charge in [0, 0.05) is 12.5 Å². The minimum atomic E-state index is -0.0661. The van der Waals surface area contributed by atoms with Crippen LogP contribution in [0.5, 0.6) is 0 Å². The standard InChI is InChI=1S/C8H17N3O2/c9-10-8(13)7-1-3-11(4-2-7)5-6-12/h7,12H,1-6,9H2,(H,10,13). The highest BCUT2D eigenvalue weighted by Gasteiger charge is 2.23. The summed E-state index contributed by atoms with van der Waals surface area (Å²) in [5, 5.41) is 8.70. The Bertz CT molecular complexity index is 167. The molecule has 0 aromatic carbocycles. The van der Waals surface area contributed by atoms with Crippen LogP contribution in [0.1, 0.15) is 12.8 Å². The fourth-order valence-electron chi connectivity index (χ4n) is 1.68. The number of piperidine rings is 1. The molecule has 1 fully saturated rings. The van der Waals surface area contributed by atoms with Crippen molar-refractivity contribution in [3.8, 4) is 0 Å². The monoisotopic (exact) mass is 187 g/mol. The number of rotatable bonds is 3. The number of nitrogens with zero attached hydrogens (tertiary/aromatic N) is 1. The Morgan fingerprint density at radius 2 is 2.15 bits per heavy atom. The van der Waals surface area contributed by atoms with Crippen LogP contribution in [0.15, 0.2) is 0 Å². The number of amides is 1. The molecule has 1 aliphatic heterocycles. The van der Waals surface area contributed by atoms with E-state index in [2.05, 4.69) is 10.3 Å². The summed E-state index contributed by atoms with van der Waals surface area (Å²) in [4.78, 5) is 13.3. The Labute approximate surface area is 77.9 Å². The summed E-state index contributed by atoms with van der Waals surface area (Å²) < 4.78 is 0. The lowest BCUT2D eigenvalue weighted by Crippen LogP contribution is -2.43. The van der Waals surface area contributed by atoms with Gasteiger partial charge in [0.15, 0.2) is 0 Å². The zero-order valence-electron chi connectivity index (χ0n) is 7.70. The van der Waals surface area contributed by atoms with Crippen molar-refractivity contribution in [3.63, 3.8) is 0 Å². The molecule has 1 rings (SSSR count). The Hall–Kier alpha value is -0.650. The maximum atomic E-state index is 11.1. The molecule has 13 heavy (non-hydrogen) atoms. The first-order chi connectivity index (χ1) is 6.27. The van der Waals surface area contributed by atoms with Crippen molar-refractivity contribution >= 4 is 5.91 Å². The molecule has 0 aliphatic carbocycles. The number of hydrogen-bond acceptors (Lipinski definition) is 4. The first kappa shape index (κ1) is 10.4. The van der Waals surface area contributed by atoms with Gasteiger partial charge in [-0.25, -0.2) is 5.84 Å². The second-order valence-electron chi connectivity index (χ2n) is 3.35. The Balaban J connectivity index is 2.26. The smallest absolute Gasteiger partial charge is 0.237 e. The van der Waals surface area contributed by atoms with Crippen LogP contribution in [0, 0.1) is 5.92 Å². The van der Waals surface area contributed by atoms with E-state index in [1.165, 1.54) is 0 Å². The van der Waals surface area contributed by atoms with Crippen molar-refractivity contribution in [1.29, 1.82) is 0 Å². The Morgan fingerprint density at radius 3 is 2.62 bits per heavy atom. The summed E-state index contributed by atoms with van der Waals surface area (Å²) >= 11 is 0. The van der Waals surface area contributed by atoms with Crippen LogP contribution in [0.3, 0.4) is 0 Å². The second-order valence-corrected chi connectivity index (χ2v) is 3.35. The lowest BCUT2D eigenvalue weighted by atomic mass is 9.96. The van der Waals surface area contributed by atoms with Crippen LogP contribution >= 0.6 is 0 Å². The lowest BCUT2D eigenvalue weighted by Gasteiger charge is -2.30. The van der Waals surface area contributed by atoms with E-state index in [4.69, 9.17) is 10.9 Å². The van der Waals surface area contributed by atoms with E-state index in [0.717, 1.165) is 25.9 Å². The van der Waals surface area contributed by atoms with E-state index in [1.54, 1.807) is 0 Å². The van der Waals surface area contributed by atoms with Crippen molar-refractivity contribution in [2.45, 2.75) is 12.8 Å². The van der Waals surface area contributed by atoms with Gasteiger partial charge in [0.2, 0.25) is 5.91 Å². The highest BCUT2D eigenvalue weighted by Crippen LogP contribution is 2.16. The van der Waals surface area contributed by atoms with Crippen LogP contribution in [0.2, 0.25) is 0 Å². The summed E-state index contributed by atoms with van der Waals surface area (Å²) in [7, 11) is 0. The molecular formula is C8H17N3O2. The second kappa shape index (κ2) is 5.16. The van der Waals surface area contributed by atoms with Gasteiger partial charge in [0.1, 0.15) is 0 Å². The van der Waals surface area contributed by atoms with Gasteiger partial charge in [-0.05, 0) is 25.9 Å². The number of nitrogens with two attached hydrogens (primary N) is 1. The number of aliphatic hydroxyl groups is 1. The van der Waals surface area contributed by atoms with Crippen molar-refractivity contribution in [1.82, 2.24) is 10.3 Å². The largest absolute Gasteiger partial charge is 0.395 e. The predicted molar refractivity (Wildman–Crippen MR) is 48.6 cm³/mol. The summed E-state index contributed by atoms with van der Waals surface area (Å²) in [6, 6.07) is 0. The highest BCUT2D eigenvalue weighted by molar-refractivity contribution is 5.78. The number of likely N-dealkylation sites (tertiary alicyclic amines) is 1. The molecule has 0 aromatic heterocycles. The third kappa shape index (κ3) is 2.95. The van der Waals surface area contributed by atoms with Gasteiger partial charge in [-0.3, -0.25) is 10.2 Å². The molecule has 4 N–H and O–H groups in total. The van der Waals surface area contributed by atoms with E-state index in [0.29, 0.717) is 6.54 Å². The molecule has 0 radical (unpaired) electrons. The number of aliphatic hydroxyl groups excluding tert-OH is 1. The molecule has 0 bridgehead atoms. The molecule has 1 amide bonds. The molecule has 0 spiro atoms. The van der Waals surface area contributed by atoms with Crippen LogP contribution in [0.4, 0.5) is 0 Å². The minimum Gasteiger partial charge on any atom is -0.395 e. The number of β-amino-alcohol motifs (C(OH)–C–C–N with tert-alkyl or cyclic N) is 1. The quantitative estimate of drug-likeness (QED) is 0.291. The molecule has 1 aliphatic rings. The number of carbonyl (C=O) groups excluding carboxylic acids is 1. The van der Waals surface area contributed by atoms with Crippen molar-refractivity contribution < 1.29 is 9.90 Å². The number of carbonyl (C=O) groups is 1. The van der Waals surface area contributed by atoms with Crippen molar-refractivity contribution in [2.24, 2.45) is 11.8 Å². The van der Waals surface area contributed by atoms with Gasteiger partial charge in [-0.15, -0.1) is 0 Å². The highest BCUT2D eigenvalue weighted by atomic mass is 16.3. The molecule has 0 unspecified atom stereocenters. The Kier molecular flexibility index (Phi) is 4.14. The molecule has 0 aromatic rings. The van der Waals surface area contributed by atoms with Gasteiger partial charge in [0.25, 0.3) is 0 Å². The summed E-state index contributed by atoms with van der Waals surface area (Å²) in [6.45, 7) is 2.64. The van der Waals surface area contributed by atoms with Crippen LogP contribution in [-0.2, 0) is 4.79 Å². The van der Waals surface area contributed by atoms with Crippen LogP contribution < -0.4 is 11.3 Å².